The number of aromatic nitrogens is 3. The zero-order valence-electron chi connectivity index (χ0n) is 15.8. The molecule has 2 heterocycles. The van der Waals surface area contributed by atoms with E-state index >= 15 is 0 Å². The van der Waals surface area contributed by atoms with Gasteiger partial charge in [0.15, 0.2) is 0 Å². The van der Waals surface area contributed by atoms with Gasteiger partial charge in [-0.3, -0.25) is 4.79 Å². The summed E-state index contributed by atoms with van der Waals surface area (Å²) in [7, 11) is 1.53. The predicted molar refractivity (Wildman–Crippen MR) is 105 cm³/mol. The van der Waals surface area contributed by atoms with Crippen molar-refractivity contribution >= 4 is 10.9 Å². The molecule has 0 aliphatic rings. The first kappa shape index (κ1) is 18.7. The van der Waals surface area contributed by atoms with Crippen molar-refractivity contribution in [2.45, 2.75) is 13.3 Å². The van der Waals surface area contributed by atoms with E-state index in [1.807, 2.05) is 6.92 Å². The van der Waals surface area contributed by atoms with Gasteiger partial charge in [0, 0.05) is 18.0 Å². The Morgan fingerprint density at radius 3 is 2.69 bits per heavy atom. The van der Waals surface area contributed by atoms with Crippen molar-refractivity contribution < 1.29 is 18.8 Å². The third kappa shape index (κ3) is 3.33. The summed E-state index contributed by atoms with van der Waals surface area (Å²) in [6.45, 7) is 2.65. The fraction of sp³-hybridized carbons (Fsp3) is 0.190. The van der Waals surface area contributed by atoms with Crippen LogP contribution in [0, 0.1) is 5.82 Å². The number of pyridine rings is 1. The van der Waals surface area contributed by atoms with Gasteiger partial charge in [0.05, 0.1) is 12.1 Å². The van der Waals surface area contributed by atoms with Crippen LogP contribution in [0.3, 0.4) is 0 Å². The van der Waals surface area contributed by atoms with Gasteiger partial charge in [0.1, 0.15) is 22.9 Å². The normalized spacial score (nSPS) is 11.1. The third-order valence-corrected chi connectivity index (χ3v) is 4.56. The second-order valence-electron chi connectivity index (χ2n) is 6.55. The molecule has 148 valence electrons. The van der Waals surface area contributed by atoms with Crippen molar-refractivity contribution in [3.8, 4) is 34.3 Å². The number of rotatable bonds is 5. The van der Waals surface area contributed by atoms with Crippen LogP contribution in [0.5, 0.6) is 11.5 Å². The van der Waals surface area contributed by atoms with Crippen LogP contribution in [0.1, 0.15) is 13.3 Å². The number of fused-ring (bicyclic) bond motifs is 1. The van der Waals surface area contributed by atoms with Gasteiger partial charge in [-0.15, -0.1) is 0 Å². The topological polar surface area (TPSA) is 90.4 Å². The van der Waals surface area contributed by atoms with Crippen LogP contribution in [0.4, 0.5) is 4.39 Å². The molecular formula is C21H18FN3O4. The number of nitrogens with zero attached hydrogens (tertiary/aromatic N) is 3. The first-order valence-electron chi connectivity index (χ1n) is 9.08. The van der Waals surface area contributed by atoms with Crippen molar-refractivity contribution in [1.29, 1.82) is 0 Å². The number of ether oxygens (including phenoxy) is 1. The molecule has 0 unspecified atom stereocenters. The van der Waals surface area contributed by atoms with Crippen molar-refractivity contribution in [1.82, 2.24) is 14.7 Å². The molecule has 4 rings (SSSR count). The fourth-order valence-corrected chi connectivity index (χ4v) is 3.06. The highest BCUT2D eigenvalue weighted by atomic mass is 19.1. The quantitative estimate of drug-likeness (QED) is 0.551. The van der Waals surface area contributed by atoms with Crippen LogP contribution >= 0.6 is 0 Å². The van der Waals surface area contributed by atoms with Gasteiger partial charge in [-0.25, -0.2) is 4.39 Å². The maximum Gasteiger partial charge on any atom is 0.267 e. The van der Waals surface area contributed by atoms with Gasteiger partial charge >= 0.3 is 0 Å². The van der Waals surface area contributed by atoms with Gasteiger partial charge in [0.25, 0.3) is 11.4 Å². The van der Waals surface area contributed by atoms with E-state index in [-0.39, 0.29) is 22.7 Å². The Kier molecular flexibility index (Phi) is 4.75. The highest BCUT2D eigenvalue weighted by Crippen LogP contribution is 2.33. The van der Waals surface area contributed by atoms with Crippen LogP contribution in [0.15, 0.2) is 51.8 Å². The van der Waals surface area contributed by atoms with E-state index < -0.39 is 17.1 Å². The maximum absolute atomic E-state index is 13.7. The van der Waals surface area contributed by atoms with E-state index in [1.165, 1.54) is 23.7 Å². The Morgan fingerprint density at radius 2 is 1.97 bits per heavy atom. The first-order chi connectivity index (χ1) is 14.0. The lowest BCUT2D eigenvalue weighted by Gasteiger charge is -2.09. The lowest BCUT2D eigenvalue weighted by Crippen LogP contribution is -2.19. The second-order valence-corrected chi connectivity index (χ2v) is 6.55. The number of hydrogen-bond donors (Lipinski definition) is 1. The maximum atomic E-state index is 13.7. The molecule has 0 radical (unpaired) electrons. The average Bonchev–Trinajstić information content (AvgIpc) is 3.21. The molecule has 0 spiro atoms. The molecule has 8 heteroatoms. The van der Waals surface area contributed by atoms with Gasteiger partial charge in [-0.1, -0.05) is 12.1 Å². The highest BCUT2D eigenvalue weighted by Gasteiger charge is 2.22. The van der Waals surface area contributed by atoms with Gasteiger partial charge in [-0.2, -0.15) is 4.98 Å². The van der Waals surface area contributed by atoms with Crippen LogP contribution in [-0.2, 0) is 7.05 Å². The van der Waals surface area contributed by atoms with E-state index in [1.54, 1.807) is 24.3 Å². The Hall–Kier alpha value is -3.68. The van der Waals surface area contributed by atoms with E-state index in [2.05, 4.69) is 10.1 Å². The minimum atomic E-state index is -0.533. The standard InChI is InChI=1S/C21H18FN3O4/c1-3-10-28-14-7-4-12(5-8-14)19-23-20(29-24-19)17-18(26)15-11-13(22)6-9-16(15)25(2)21(17)27/h4-9,11,26H,3,10H2,1-2H3. The Morgan fingerprint density at radius 1 is 1.21 bits per heavy atom. The first-order valence-corrected chi connectivity index (χ1v) is 9.08. The minimum Gasteiger partial charge on any atom is -0.506 e. The molecule has 29 heavy (non-hydrogen) atoms. The SMILES string of the molecule is CCCOc1ccc(-c2noc(-c3c(O)c4cc(F)ccc4n(C)c3=O)n2)cc1. The zero-order valence-corrected chi connectivity index (χ0v) is 15.8. The second kappa shape index (κ2) is 7.38. The fourth-order valence-electron chi connectivity index (χ4n) is 3.06. The van der Waals surface area contributed by atoms with Gasteiger partial charge < -0.3 is 18.9 Å². The number of benzene rings is 2. The summed E-state index contributed by atoms with van der Waals surface area (Å²) in [6.07, 6.45) is 0.907. The molecule has 4 aromatic rings. The lowest BCUT2D eigenvalue weighted by atomic mass is 10.1. The Bertz CT molecular complexity index is 1250. The van der Waals surface area contributed by atoms with Gasteiger partial charge in [0.2, 0.25) is 5.82 Å². The molecule has 2 aromatic heterocycles. The van der Waals surface area contributed by atoms with Crippen LogP contribution in [-0.4, -0.2) is 26.4 Å². The Labute approximate surface area is 165 Å². The summed E-state index contributed by atoms with van der Waals surface area (Å²) in [5.41, 5.74) is 0.347. The summed E-state index contributed by atoms with van der Waals surface area (Å²) in [5.74, 6) is -0.101. The van der Waals surface area contributed by atoms with E-state index in [9.17, 15) is 14.3 Å². The molecule has 0 saturated carbocycles. The van der Waals surface area contributed by atoms with E-state index in [4.69, 9.17) is 9.26 Å². The summed E-state index contributed by atoms with van der Waals surface area (Å²) in [6, 6.07) is 10.9. The van der Waals surface area contributed by atoms with Crippen molar-refractivity contribution in [3.63, 3.8) is 0 Å². The summed E-state index contributed by atoms with van der Waals surface area (Å²) in [5, 5.41) is 14.7. The smallest absolute Gasteiger partial charge is 0.267 e. The van der Waals surface area contributed by atoms with Gasteiger partial charge in [-0.05, 0) is 48.9 Å². The number of aryl methyl sites for hydroxylation is 1. The molecule has 0 amide bonds. The molecule has 0 atom stereocenters. The molecule has 0 aliphatic heterocycles. The molecule has 0 fully saturated rings. The Balaban J connectivity index is 1.77. The van der Waals surface area contributed by atoms with Crippen molar-refractivity contribution in [3.05, 3.63) is 58.6 Å². The highest BCUT2D eigenvalue weighted by molar-refractivity contribution is 5.91. The molecule has 0 saturated heterocycles. The largest absolute Gasteiger partial charge is 0.506 e. The van der Waals surface area contributed by atoms with Crippen LogP contribution in [0.2, 0.25) is 0 Å². The molecule has 0 aliphatic carbocycles. The average molecular weight is 395 g/mol. The molecule has 2 aromatic carbocycles. The zero-order chi connectivity index (χ0) is 20.5. The third-order valence-electron chi connectivity index (χ3n) is 4.56. The van der Waals surface area contributed by atoms with Crippen LogP contribution < -0.4 is 10.3 Å². The van der Waals surface area contributed by atoms with Crippen molar-refractivity contribution in [2.75, 3.05) is 6.61 Å². The molecule has 1 N–H and O–H groups in total. The summed E-state index contributed by atoms with van der Waals surface area (Å²) in [4.78, 5) is 17.0. The molecular weight excluding hydrogens is 377 g/mol. The molecule has 7 nitrogen and oxygen atoms in total. The minimum absolute atomic E-state index is 0.143. The summed E-state index contributed by atoms with van der Waals surface area (Å²) < 4.78 is 25.7. The number of aromatic hydroxyl groups is 1. The van der Waals surface area contributed by atoms with Crippen molar-refractivity contribution in [2.24, 2.45) is 7.05 Å². The van der Waals surface area contributed by atoms with E-state index in [0.29, 0.717) is 17.7 Å². The number of halogens is 1. The lowest BCUT2D eigenvalue weighted by molar-refractivity contribution is 0.317. The number of hydrogen-bond acceptors (Lipinski definition) is 6. The van der Waals surface area contributed by atoms with E-state index in [0.717, 1.165) is 18.2 Å². The van der Waals surface area contributed by atoms with Crippen LogP contribution in [0.25, 0.3) is 33.7 Å². The molecule has 0 bridgehead atoms. The predicted octanol–water partition coefficient (Wildman–Crippen LogP) is 3.89. The monoisotopic (exact) mass is 395 g/mol. The summed E-state index contributed by atoms with van der Waals surface area (Å²) >= 11 is 0.